The third kappa shape index (κ3) is 23.5. The fraction of sp³-hybridized carbons (Fsp3) is 0.600. The molecule has 0 amide bonds. The van der Waals surface area contributed by atoms with Crippen LogP contribution >= 0.6 is 0 Å². The number of hydrogen-bond donors (Lipinski definition) is 10. The Morgan fingerprint density at radius 3 is 1.51 bits per heavy atom. The van der Waals surface area contributed by atoms with Crippen molar-refractivity contribution in [3.8, 4) is 0 Å². The second kappa shape index (κ2) is 34.0. The zero-order valence-corrected chi connectivity index (χ0v) is 47.9. The molecular weight excluding hydrogens is 1040 g/mol. The molecule has 0 spiro atoms. The molecule has 448 valence electrons. The van der Waals surface area contributed by atoms with E-state index in [1.54, 1.807) is 13.8 Å². The minimum atomic E-state index is -1.91. The third-order valence-electron chi connectivity index (χ3n) is 14.0. The summed E-state index contributed by atoms with van der Waals surface area (Å²) in [6.45, 7) is 16.2. The van der Waals surface area contributed by atoms with Crippen molar-refractivity contribution in [2.75, 3.05) is 26.4 Å². The van der Waals surface area contributed by atoms with E-state index in [-0.39, 0.29) is 30.3 Å². The molecule has 0 aromatic heterocycles. The number of Topliss-reactive ketones (excluding diaryl/α,β-unsaturated/α-hetero) is 2. The molecule has 0 aromatic rings. The summed E-state index contributed by atoms with van der Waals surface area (Å²) in [7, 11) is 0. The quantitative estimate of drug-likeness (QED) is 0.0260. The summed E-state index contributed by atoms with van der Waals surface area (Å²) < 4.78 is 20.7. The molecule has 80 heavy (non-hydrogen) atoms. The van der Waals surface area contributed by atoms with Gasteiger partial charge in [-0.3, -0.25) is 28.8 Å². The number of carbonyl (C=O) groups excluding carboxylic acids is 6. The minimum absolute atomic E-state index is 0.218. The van der Waals surface area contributed by atoms with Gasteiger partial charge in [0.2, 0.25) is 0 Å². The van der Waals surface area contributed by atoms with E-state index in [0.717, 1.165) is 34.3 Å². The summed E-state index contributed by atoms with van der Waals surface area (Å²) in [5.74, 6) is -3.78. The number of ketones is 2. The second-order valence-electron chi connectivity index (χ2n) is 22.0. The predicted molar refractivity (Wildman–Crippen MR) is 295 cm³/mol. The SMILES string of the molecule is CC1=C(/C=C/C(C)=C/C=C/C(C)C/C=C/C=C(C)/C=C/C=C(\C)CCC2=C(C)C(=O)C(OC(=O)CCC(=O)OCC(O)C(O)C(O)C(O)CO)CC2(C)C)C(C)(C)CC(OC(=O)CCC(=O)OCC(O)C(O)C(O)C(O)CO)C1=O. The molecule has 20 heteroatoms. The normalized spacial score (nSPS) is 21.9. The summed E-state index contributed by atoms with van der Waals surface area (Å²) in [5, 5.41) is 95.7. The molecular formula is C60H88O20. The number of carbonyl (C=O) groups is 6. The van der Waals surface area contributed by atoms with Crippen LogP contribution < -0.4 is 0 Å². The molecule has 2 aliphatic rings. The van der Waals surface area contributed by atoms with Crippen molar-refractivity contribution in [3.05, 3.63) is 106 Å². The highest BCUT2D eigenvalue weighted by Gasteiger charge is 2.42. The Bertz CT molecular complexity index is 2400. The van der Waals surface area contributed by atoms with E-state index in [9.17, 15) is 69.6 Å². The van der Waals surface area contributed by atoms with Crippen molar-refractivity contribution in [1.82, 2.24) is 0 Å². The zero-order chi connectivity index (χ0) is 60.7. The van der Waals surface area contributed by atoms with Gasteiger partial charge in [-0.1, -0.05) is 124 Å². The third-order valence-corrected chi connectivity index (χ3v) is 14.0. The maximum atomic E-state index is 13.3. The average molecular weight is 1130 g/mol. The van der Waals surface area contributed by atoms with Crippen LogP contribution in [0.3, 0.4) is 0 Å². The van der Waals surface area contributed by atoms with E-state index in [1.807, 2.05) is 103 Å². The molecule has 20 nitrogen and oxygen atoms in total. The van der Waals surface area contributed by atoms with E-state index < -0.39 is 148 Å². The van der Waals surface area contributed by atoms with E-state index in [2.05, 4.69) is 19.1 Å². The van der Waals surface area contributed by atoms with Crippen LogP contribution in [-0.4, -0.2) is 174 Å². The Morgan fingerprint density at radius 2 is 1.01 bits per heavy atom. The van der Waals surface area contributed by atoms with E-state index in [4.69, 9.17) is 29.2 Å². The number of hydrogen-bond acceptors (Lipinski definition) is 20. The Hall–Kier alpha value is -5.52. The van der Waals surface area contributed by atoms with Crippen molar-refractivity contribution in [3.63, 3.8) is 0 Å². The van der Waals surface area contributed by atoms with Gasteiger partial charge < -0.3 is 70.0 Å². The number of aliphatic hydroxyl groups excluding tert-OH is 10. The molecule has 0 bridgehead atoms. The van der Waals surface area contributed by atoms with Crippen LogP contribution in [-0.2, 0) is 47.7 Å². The van der Waals surface area contributed by atoms with Gasteiger partial charge in [-0.2, -0.15) is 0 Å². The Labute approximate surface area is 469 Å². The van der Waals surface area contributed by atoms with E-state index >= 15 is 0 Å². The highest BCUT2D eigenvalue weighted by atomic mass is 16.6. The van der Waals surface area contributed by atoms with Crippen LogP contribution in [0.5, 0.6) is 0 Å². The largest absolute Gasteiger partial charge is 0.463 e. The van der Waals surface area contributed by atoms with Crippen LogP contribution in [0.25, 0.3) is 0 Å². The smallest absolute Gasteiger partial charge is 0.307 e. The maximum Gasteiger partial charge on any atom is 0.307 e. The van der Waals surface area contributed by atoms with Gasteiger partial charge in [0, 0.05) is 12.8 Å². The molecule has 0 saturated carbocycles. The van der Waals surface area contributed by atoms with Crippen molar-refractivity contribution in [2.24, 2.45) is 16.7 Å². The fourth-order valence-electron chi connectivity index (χ4n) is 8.94. The fourth-order valence-corrected chi connectivity index (χ4v) is 8.94. The van der Waals surface area contributed by atoms with Crippen molar-refractivity contribution in [2.45, 2.75) is 188 Å². The Balaban J connectivity index is 1.84. The highest BCUT2D eigenvalue weighted by Crippen LogP contribution is 2.43. The first kappa shape index (κ1) is 70.6. The van der Waals surface area contributed by atoms with Crippen LogP contribution in [0.4, 0.5) is 0 Å². The number of allylic oxidation sites excluding steroid dienone is 16. The number of aliphatic hydroxyl groups is 10. The van der Waals surface area contributed by atoms with E-state index in [0.29, 0.717) is 24.0 Å². The second-order valence-corrected chi connectivity index (χ2v) is 22.0. The first-order valence-corrected chi connectivity index (χ1v) is 26.9. The van der Waals surface area contributed by atoms with Gasteiger partial charge in [0.25, 0.3) is 0 Å². The van der Waals surface area contributed by atoms with E-state index in [1.165, 1.54) is 0 Å². The molecule has 0 radical (unpaired) electrons. The first-order chi connectivity index (χ1) is 37.4. The monoisotopic (exact) mass is 1130 g/mol. The van der Waals surface area contributed by atoms with Gasteiger partial charge in [0.15, 0.2) is 23.8 Å². The molecule has 10 N–H and O–H groups in total. The number of ether oxygens (including phenoxy) is 4. The predicted octanol–water partition coefficient (Wildman–Crippen LogP) is 3.83. The standard InChI is InChI=1S/C60H88O20/c1-35(17-13-19-37(3)21-23-41-39(5)53(71)47(29-59(41,7)8)79-51(69)27-25-49(67)77-33-45(65)57(75)55(73)43(63)31-61)15-11-12-16-36(2)18-14-20-38(4)22-24-42-40(6)54(72)48(30-60(42,9)10)80-52(70)28-26-50(68)78-34-46(66)58(76)56(74)44(64)32-62/h11-15,17-20,22,24,36,43-48,55-58,61-66,73-76H,16,21,23,25-34H2,1-10H3/b12-11+,17-13+,18-14+,24-22+,35-15+,37-19+,38-20+. The van der Waals surface area contributed by atoms with Crippen LogP contribution in [0.15, 0.2) is 106 Å². The summed E-state index contributed by atoms with van der Waals surface area (Å²) in [5.41, 5.74) is 4.90. The highest BCUT2D eigenvalue weighted by molar-refractivity contribution is 6.02. The lowest BCUT2D eigenvalue weighted by Crippen LogP contribution is -2.47. The average Bonchev–Trinajstić information content (AvgIpc) is 3.44. The van der Waals surface area contributed by atoms with Crippen molar-refractivity contribution >= 4 is 35.4 Å². The van der Waals surface area contributed by atoms with Gasteiger partial charge >= 0.3 is 23.9 Å². The number of esters is 4. The van der Waals surface area contributed by atoms with Crippen LogP contribution in [0.1, 0.15) is 127 Å². The first-order valence-electron chi connectivity index (χ1n) is 26.9. The summed E-state index contributed by atoms with van der Waals surface area (Å²) in [4.78, 5) is 76.3. The molecule has 2 aliphatic carbocycles. The van der Waals surface area contributed by atoms with Gasteiger partial charge in [0.1, 0.15) is 62.0 Å². The molecule has 0 heterocycles. The lowest BCUT2D eigenvalue weighted by atomic mass is 9.69. The van der Waals surface area contributed by atoms with Gasteiger partial charge in [-0.25, -0.2) is 0 Å². The summed E-state index contributed by atoms with van der Waals surface area (Å²) in [6, 6.07) is 0. The number of rotatable bonds is 32. The molecule has 11 unspecified atom stereocenters. The summed E-state index contributed by atoms with van der Waals surface area (Å²) in [6.07, 6.45) is 6.42. The lowest BCUT2D eigenvalue weighted by Gasteiger charge is -2.37. The molecule has 0 saturated heterocycles. The summed E-state index contributed by atoms with van der Waals surface area (Å²) >= 11 is 0. The maximum absolute atomic E-state index is 13.3. The molecule has 0 fully saturated rings. The van der Waals surface area contributed by atoms with Gasteiger partial charge in [0.05, 0.1) is 38.9 Å². The lowest BCUT2D eigenvalue weighted by molar-refractivity contribution is -0.161. The minimum Gasteiger partial charge on any atom is -0.463 e. The van der Waals surface area contributed by atoms with Gasteiger partial charge in [-0.15, -0.1) is 0 Å². The van der Waals surface area contributed by atoms with Crippen LogP contribution in [0, 0.1) is 16.7 Å². The van der Waals surface area contributed by atoms with Gasteiger partial charge in [-0.05, 0) is 87.3 Å². The van der Waals surface area contributed by atoms with Crippen molar-refractivity contribution in [1.29, 1.82) is 0 Å². The Kier molecular flexibility index (Phi) is 30.0. The molecule has 0 aromatic carbocycles. The molecule has 2 rings (SSSR count). The Morgan fingerprint density at radius 1 is 0.575 bits per heavy atom. The topological polar surface area (TPSA) is 342 Å². The van der Waals surface area contributed by atoms with Crippen molar-refractivity contribution < 1.29 is 98.8 Å². The molecule has 0 aliphatic heterocycles. The zero-order valence-electron chi connectivity index (χ0n) is 47.9. The van der Waals surface area contributed by atoms with Crippen LogP contribution in [0.2, 0.25) is 0 Å². The molecule has 11 atom stereocenters.